The molecule has 0 atom stereocenters. The fraction of sp³-hybridized carbons (Fsp3) is 0.333. The van der Waals surface area contributed by atoms with Crippen LogP contribution in [0.2, 0.25) is 0 Å². The Morgan fingerprint density at radius 1 is 0.943 bits per heavy atom. The highest BCUT2D eigenvalue weighted by atomic mass is 35.5. The lowest BCUT2D eigenvalue weighted by Crippen LogP contribution is -2.40. The number of guanidine groups is 1. The molecular weight excluding hydrogens is 481 g/mol. The molecule has 3 aromatic rings. The summed E-state index contributed by atoms with van der Waals surface area (Å²) < 4.78 is 6.24. The lowest BCUT2D eigenvalue weighted by molar-refractivity contribution is 0.222. The standard InChI is InChI=1S/C27H31N5O.2ClH/c28-27(30-24-4-2-1-3-5-24)32-17-12-22-6-7-26(18-23(22)19-32)33-20-21-10-15-31(16-11-21)25-8-13-29-14-9-25;;/h1-9,13-14,18,21H,10-12,15-17,19-20H2,(H2,28,30);2*1H. The number of hydrogen-bond donors (Lipinski definition) is 1. The Balaban J connectivity index is 0.00000171. The number of rotatable bonds is 5. The van der Waals surface area contributed by atoms with Crippen molar-refractivity contribution in [2.24, 2.45) is 16.6 Å². The van der Waals surface area contributed by atoms with Crippen molar-refractivity contribution in [2.75, 3.05) is 31.1 Å². The lowest BCUT2D eigenvalue weighted by atomic mass is 9.97. The SMILES string of the molecule is Cl.Cl.NC(=Nc1ccccc1)N1CCc2ccc(OCC3CCN(c4ccncc4)CC3)cc2C1. The van der Waals surface area contributed by atoms with Crippen LogP contribution in [-0.4, -0.2) is 42.1 Å². The van der Waals surface area contributed by atoms with E-state index in [0.29, 0.717) is 11.9 Å². The van der Waals surface area contributed by atoms with Crippen LogP contribution in [0, 0.1) is 5.92 Å². The maximum absolute atomic E-state index is 6.32. The zero-order chi connectivity index (χ0) is 22.5. The Labute approximate surface area is 220 Å². The molecule has 2 aromatic carbocycles. The minimum atomic E-state index is 0. The largest absolute Gasteiger partial charge is 0.493 e. The fourth-order valence-electron chi connectivity index (χ4n) is 4.65. The molecule has 0 spiro atoms. The van der Waals surface area contributed by atoms with Crippen LogP contribution in [0.25, 0.3) is 0 Å². The minimum Gasteiger partial charge on any atom is -0.493 e. The van der Waals surface area contributed by atoms with Gasteiger partial charge in [0.2, 0.25) is 0 Å². The van der Waals surface area contributed by atoms with E-state index >= 15 is 0 Å². The van der Waals surface area contributed by atoms with Crippen LogP contribution in [0.4, 0.5) is 11.4 Å². The average molecular weight is 515 g/mol. The maximum atomic E-state index is 6.32. The van der Waals surface area contributed by atoms with Crippen LogP contribution in [0.3, 0.4) is 0 Å². The van der Waals surface area contributed by atoms with Crippen LogP contribution >= 0.6 is 24.8 Å². The van der Waals surface area contributed by atoms with E-state index in [1.54, 1.807) is 0 Å². The first-order chi connectivity index (χ1) is 16.2. The highest BCUT2D eigenvalue weighted by molar-refractivity contribution is 5.85. The number of fused-ring (bicyclic) bond motifs is 1. The van der Waals surface area contributed by atoms with E-state index in [9.17, 15) is 0 Å². The van der Waals surface area contributed by atoms with Crippen molar-refractivity contribution >= 4 is 42.1 Å². The van der Waals surface area contributed by atoms with Gasteiger partial charge in [0.1, 0.15) is 5.75 Å². The maximum Gasteiger partial charge on any atom is 0.196 e. The first-order valence-electron chi connectivity index (χ1n) is 11.8. The Kier molecular flexibility index (Phi) is 9.64. The van der Waals surface area contributed by atoms with Gasteiger partial charge in [-0.2, -0.15) is 0 Å². The van der Waals surface area contributed by atoms with E-state index in [4.69, 9.17) is 10.5 Å². The van der Waals surface area contributed by atoms with Gasteiger partial charge in [0.05, 0.1) is 12.3 Å². The summed E-state index contributed by atoms with van der Waals surface area (Å²) in [6, 6.07) is 20.6. The number of aliphatic imine (C=N–C) groups is 1. The molecule has 2 N–H and O–H groups in total. The molecule has 0 amide bonds. The normalized spacial score (nSPS) is 16.1. The van der Waals surface area contributed by atoms with E-state index < -0.39 is 0 Å². The summed E-state index contributed by atoms with van der Waals surface area (Å²) in [5, 5.41) is 0. The van der Waals surface area contributed by atoms with Gasteiger partial charge in [-0.25, -0.2) is 4.99 Å². The molecule has 0 unspecified atom stereocenters. The van der Waals surface area contributed by atoms with Crippen molar-refractivity contribution in [3.05, 3.63) is 84.2 Å². The van der Waals surface area contributed by atoms with Crippen molar-refractivity contribution in [3.8, 4) is 5.75 Å². The van der Waals surface area contributed by atoms with Gasteiger partial charge in [0.25, 0.3) is 0 Å². The number of pyridine rings is 1. The quantitative estimate of drug-likeness (QED) is 0.373. The molecular formula is C27H33Cl2N5O. The highest BCUT2D eigenvalue weighted by Gasteiger charge is 2.21. The molecule has 0 saturated carbocycles. The number of para-hydroxylation sites is 1. The molecule has 1 saturated heterocycles. The van der Waals surface area contributed by atoms with Crippen molar-refractivity contribution < 1.29 is 4.74 Å². The second kappa shape index (κ2) is 12.7. The smallest absolute Gasteiger partial charge is 0.196 e. The van der Waals surface area contributed by atoms with Crippen molar-refractivity contribution in [2.45, 2.75) is 25.8 Å². The van der Waals surface area contributed by atoms with Crippen LogP contribution in [0.5, 0.6) is 5.75 Å². The zero-order valence-corrected chi connectivity index (χ0v) is 21.4. The number of anilines is 1. The van der Waals surface area contributed by atoms with E-state index in [1.165, 1.54) is 16.8 Å². The van der Waals surface area contributed by atoms with Crippen LogP contribution < -0.4 is 15.4 Å². The van der Waals surface area contributed by atoms with E-state index in [1.807, 2.05) is 42.7 Å². The zero-order valence-electron chi connectivity index (χ0n) is 19.8. The first kappa shape index (κ1) is 26.6. The lowest BCUT2D eigenvalue weighted by Gasteiger charge is -2.33. The summed E-state index contributed by atoms with van der Waals surface area (Å²) in [4.78, 5) is 13.3. The Morgan fingerprint density at radius 3 is 2.43 bits per heavy atom. The fourth-order valence-corrected chi connectivity index (χ4v) is 4.65. The number of benzene rings is 2. The van der Waals surface area contributed by atoms with E-state index in [0.717, 1.165) is 63.5 Å². The van der Waals surface area contributed by atoms with Gasteiger partial charge >= 0.3 is 0 Å². The van der Waals surface area contributed by atoms with Gasteiger partial charge in [-0.15, -0.1) is 24.8 Å². The van der Waals surface area contributed by atoms with Crippen molar-refractivity contribution in [3.63, 3.8) is 0 Å². The van der Waals surface area contributed by atoms with Crippen molar-refractivity contribution in [1.29, 1.82) is 0 Å². The molecule has 0 aliphatic carbocycles. The Hall–Kier alpha value is -2.96. The molecule has 0 radical (unpaired) electrons. The van der Waals surface area contributed by atoms with Crippen LogP contribution in [0.1, 0.15) is 24.0 Å². The third-order valence-electron chi connectivity index (χ3n) is 6.64. The highest BCUT2D eigenvalue weighted by Crippen LogP contribution is 2.27. The number of nitrogens with two attached hydrogens (primary N) is 1. The monoisotopic (exact) mass is 513 g/mol. The Bertz CT molecular complexity index is 1090. The van der Waals surface area contributed by atoms with Crippen LogP contribution in [-0.2, 0) is 13.0 Å². The van der Waals surface area contributed by atoms with E-state index in [2.05, 4.69) is 50.1 Å². The minimum absolute atomic E-state index is 0. The number of hydrogen-bond acceptors (Lipinski definition) is 4. The second-order valence-corrected chi connectivity index (χ2v) is 8.85. The topological polar surface area (TPSA) is 67.0 Å². The van der Waals surface area contributed by atoms with Gasteiger partial charge in [0, 0.05) is 44.3 Å². The molecule has 2 aliphatic rings. The summed E-state index contributed by atoms with van der Waals surface area (Å²) in [7, 11) is 0. The number of halogens is 2. The second-order valence-electron chi connectivity index (χ2n) is 8.85. The third-order valence-corrected chi connectivity index (χ3v) is 6.64. The van der Waals surface area contributed by atoms with Gasteiger partial charge < -0.3 is 20.3 Å². The number of aromatic nitrogens is 1. The van der Waals surface area contributed by atoms with Gasteiger partial charge in [0.15, 0.2) is 5.96 Å². The molecule has 1 fully saturated rings. The van der Waals surface area contributed by atoms with Crippen molar-refractivity contribution in [1.82, 2.24) is 9.88 Å². The molecule has 186 valence electrons. The number of nitrogens with zero attached hydrogens (tertiary/aromatic N) is 4. The molecule has 35 heavy (non-hydrogen) atoms. The Morgan fingerprint density at radius 2 is 1.69 bits per heavy atom. The summed E-state index contributed by atoms with van der Waals surface area (Å²) in [6.45, 7) is 4.54. The van der Waals surface area contributed by atoms with Gasteiger partial charge in [-0.05, 0) is 72.7 Å². The predicted molar refractivity (Wildman–Crippen MR) is 147 cm³/mol. The molecule has 0 bridgehead atoms. The first-order valence-corrected chi connectivity index (χ1v) is 11.8. The molecule has 2 aliphatic heterocycles. The summed E-state index contributed by atoms with van der Waals surface area (Å²) in [5.74, 6) is 2.11. The predicted octanol–water partition coefficient (Wildman–Crippen LogP) is 5.23. The summed E-state index contributed by atoms with van der Waals surface area (Å²) in [6.07, 6.45) is 6.99. The van der Waals surface area contributed by atoms with Gasteiger partial charge in [-0.1, -0.05) is 24.3 Å². The number of ether oxygens (including phenoxy) is 1. The van der Waals surface area contributed by atoms with E-state index in [-0.39, 0.29) is 24.8 Å². The average Bonchev–Trinajstić information content (AvgIpc) is 2.88. The molecule has 3 heterocycles. The van der Waals surface area contributed by atoms with Crippen LogP contribution in [0.15, 0.2) is 78.0 Å². The molecule has 1 aromatic heterocycles. The molecule has 6 nitrogen and oxygen atoms in total. The molecule has 8 heteroatoms. The molecule has 5 rings (SSSR count). The third kappa shape index (κ3) is 6.80. The number of piperidine rings is 1. The van der Waals surface area contributed by atoms with Gasteiger partial charge in [-0.3, -0.25) is 4.98 Å². The summed E-state index contributed by atoms with van der Waals surface area (Å²) >= 11 is 0. The summed E-state index contributed by atoms with van der Waals surface area (Å²) in [5.41, 5.74) is 11.1.